The summed E-state index contributed by atoms with van der Waals surface area (Å²) < 4.78 is 29.1. The summed E-state index contributed by atoms with van der Waals surface area (Å²) in [4.78, 5) is 0.307. The number of para-hydroxylation sites is 3. The quantitative estimate of drug-likeness (QED) is 0.397. The van der Waals surface area contributed by atoms with Crippen LogP contribution in [-0.4, -0.2) is 13.0 Å². The minimum absolute atomic E-state index is 0.106. The van der Waals surface area contributed by atoms with Crippen molar-refractivity contribution in [3.63, 3.8) is 0 Å². The first kappa shape index (κ1) is 18.2. The van der Waals surface area contributed by atoms with Crippen LogP contribution >= 0.6 is 0 Å². The van der Waals surface area contributed by atoms with Crippen molar-refractivity contribution in [3.05, 3.63) is 103 Å². The molecule has 144 valence electrons. The molecule has 0 aliphatic carbocycles. The average molecular weight is 408 g/mol. The van der Waals surface area contributed by atoms with Crippen molar-refractivity contribution in [2.24, 2.45) is 0 Å². The standard InChI is InChI=1S/C25H16N2O2S/c26-17-18-8-7-9-19(16-18)30(28,29)25-15-6-5-14-24(25)27-22-12-3-1-10-20(22)21-11-2-4-13-23(21)27/h1-16H. The van der Waals surface area contributed by atoms with Gasteiger partial charge < -0.3 is 4.57 Å². The number of nitrogens with zero attached hydrogens (tertiary/aromatic N) is 2. The summed E-state index contributed by atoms with van der Waals surface area (Å²) in [6, 6.07) is 31.1. The normalized spacial score (nSPS) is 11.6. The maximum atomic E-state index is 13.6. The van der Waals surface area contributed by atoms with Gasteiger partial charge in [-0.05, 0) is 42.5 Å². The molecule has 0 amide bonds. The predicted octanol–water partition coefficient (Wildman–Crippen LogP) is 5.49. The van der Waals surface area contributed by atoms with Crippen molar-refractivity contribution in [2.75, 3.05) is 0 Å². The zero-order valence-electron chi connectivity index (χ0n) is 15.9. The fourth-order valence-electron chi connectivity index (χ4n) is 3.91. The molecule has 0 unspecified atom stereocenters. The Balaban J connectivity index is 1.85. The molecule has 0 atom stereocenters. The fraction of sp³-hybridized carbons (Fsp3) is 0. The van der Waals surface area contributed by atoms with E-state index in [4.69, 9.17) is 0 Å². The monoisotopic (exact) mass is 408 g/mol. The molecule has 0 aliphatic rings. The van der Waals surface area contributed by atoms with E-state index < -0.39 is 9.84 Å². The maximum absolute atomic E-state index is 13.6. The van der Waals surface area contributed by atoms with Crippen molar-refractivity contribution >= 4 is 31.6 Å². The predicted molar refractivity (Wildman–Crippen MR) is 117 cm³/mol. The summed E-state index contributed by atoms with van der Waals surface area (Å²) in [5.41, 5.74) is 2.77. The number of nitriles is 1. The third kappa shape index (κ3) is 2.70. The minimum Gasteiger partial charge on any atom is -0.308 e. The van der Waals surface area contributed by atoms with Crippen LogP contribution in [0.3, 0.4) is 0 Å². The van der Waals surface area contributed by atoms with E-state index in [0.717, 1.165) is 21.8 Å². The number of hydrogen-bond acceptors (Lipinski definition) is 3. The van der Waals surface area contributed by atoms with Crippen LogP contribution < -0.4 is 0 Å². The van der Waals surface area contributed by atoms with Crippen molar-refractivity contribution in [2.45, 2.75) is 9.79 Å². The molecule has 0 bridgehead atoms. The van der Waals surface area contributed by atoms with E-state index in [1.54, 1.807) is 24.3 Å². The Morgan fingerprint density at radius 3 is 1.97 bits per heavy atom. The number of benzene rings is 4. The molecule has 4 nitrogen and oxygen atoms in total. The number of sulfone groups is 1. The van der Waals surface area contributed by atoms with Crippen LogP contribution in [-0.2, 0) is 9.84 Å². The highest BCUT2D eigenvalue weighted by atomic mass is 32.2. The molecule has 0 spiro atoms. The largest absolute Gasteiger partial charge is 0.308 e. The molecule has 0 aliphatic heterocycles. The van der Waals surface area contributed by atoms with Crippen LogP contribution in [0.15, 0.2) is 107 Å². The molecule has 1 aromatic heterocycles. The van der Waals surface area contributed by atoms with Gasteiger partial charge >= 0.3 is 0 Å². The highest BCUT2D eigenvalue weighted by Crippen LogP contribution is 2.35. The van der Waals surface area contributed by atoms with Crippen LogP contribution in [0.2, 0.25) is 0 Å². The van der Waals surface area contributed by atoms with Crippen molar-refractivity contribution in [3.8, 4) is 11.8 Å². The SMILES string of the molecule is N#Cc1cccc(S(=O)(=O)c2ccccc2-n2c3ccccc3c3ccccc32)c1. The summed E-state index contributed by atoms with van der Waals surface area (Å²) in [6.07, 6.45) is 0. The van der Waals surface area contributed by atoms with E-state index in [-0.39, 0.29) is 9.79 Å². The molecule has 0 radical (unpaired) electrons. The molecule has 5 rings (SSSR count). The van der Waals surface area contributed by atoms with Crippen molar-refractivity contribution in [1.82, 2.24) is 4.57 Å². The second-order valence-electron chi connectivity index (χ2n) is 6.98. The highest BCUT2D eigenvalue weighted by molar-refractivity contribution is 7.91. The number of hydrogen-bond donors (Lipinski definition) is 0. The average Bonchev–Trinajstić information content (AvgIpc) is 3.13. The summed E-state index contributed by atoms with van der Waals surface area (Å²) in [7, 11) is -3.84. The Morgan fingerprint density at radius 2 is 1.30 bits per heavy atom. The first-order valence-electron chi connectivity index (χ1n) is 9.44. The Hall–Kier alpha value is -3.88. The van der Waals surface area contributed by atoms with Gasteiger partial charge in [0.15, 0.2) is 0 Å². The third-order valence-electron chi connectivity index (χ3n) is 5.25. The van der Waals surface area contributed by atoms with Gasteiger partial charge in [-0.3, -0.25) is 0 Å². The van der Waals surface area contributed by atoms with Gasteiger partial charge in [0.2, 0.25) is 9.84 Å². The number of aromatic nitrogens is 1. The third-order valence-corrected chi connectivity index (χ3v) is 7.05. The molecule has 4 aromatic carbocycles. The second-order valence-corrected chi connectivity index (χ2v) is 8.90. The zero-order valence-corrected chi connectivity index (χ0v) is 16.7. The van der Waals surface area contributed by atoms with Crippen LogP contribution in [0.25, 0.3) is 27.5 Å². The summed E-state index contributed by atoms with van der Waals surface area (Å²) >= 11 is 0. The molecule has 0 fully saturated rings. The lowest BCUT2D eigenvalue weighted by atomic mass is 10.2. The molecule has 5 aromatic rings. The van der Waals surface area contributed by atoms with Gasteiger partial charge in [0.25, 0.3) is 0 Å². The van der Waals surface area contributed by atoms with Crippen LogP contribution in [0.1, 0.15) is 5.56 Å². The lowest BCUT2D eigenvalue weighted by molar-refractivity contribution is 0.595. The van der Waals surface area contributed by atoms with Gasteiger partial charge in [-0.15, -0.1) is 0 Å². The molecule has 0 saturated carbocycles. The van der Waals surface area contributed by atoms with E-state index in [9.17, 15) is 13.7 Å². The minimum atomic E-state index is -3.84. The van der Waals surface area contributed by atoms with Crippen molar-refractivity contribution in [1.29, 1.82) is 5.26 Å². The molecule has 0 N–H and O–H groups in total. The fourth-order valence-corrected chi connectivity index (χ4v) is 5.40. The summed E-state index contributed by atoms with van der Waals surface area (Å²) in [5, 5.41) is 11.3. The Bertz CT molecular complexity index is 1520. The van der Waals surface area contributed by atoms with Gasteiger partial charge in [0.1, 0.15) is 0 Å². The summed E-state index contributed by atoms with van der Waals surface area (Å²) in [5.74, 6) is 0. The smallest absolute Gasteiger partial charge is 0.208 e. The zero-order chi connectivity index (χ0) is 20.7. The van der Waals surface area contributed by atoms with Gasteiger partial charge in [-0.1, -0.05) is 54.6 Å². The van der Waals surface area contributed by atoms with Crippen LogP contribution in [0.5, 0.6) is 0 Å². The van der Waals surface area contributed by atoms with Crippen LogP contribution in [0.4, 0.5) is 0 Å². The lowest BCUT2D eigenvalue weighted by Crippen LogP contribution is -2.08. The second kappa shape index (κ2) is 6.87. The number of fused-ring (bicyclic) bond motifs is 3. The summed E-state index contributed by atoms with van der Waals surface area (Å²) in [6.45, 7) is 0. The first-order valence-corrected chi connectivity index (χ1v) is 10.9. The molecule has 1 heterocycles. The Kier molecular flexibility index (Phi) is 4.16. The maximum Gasteiger partial charge on any atom is 0.208 e. The topological polar surface area (TPSA) is 62.9 Å². The Morgan fingerprint density at radius 1 is 0.700 bits per heavy atom. The van der Waals surface area contributed by atoms with Gasteiger partial charge in [0, 0.05) is 10.8 Å². The molecule has 0 saturated heterocycles. The highest BCUT2D eigenvalue weighted by Gasteiger charge is 2.24. The van der Waals surface area contributed by atoms with E-state index in [1.807, 2.05) is 71.3 Å². The van der Waals surface area contributed by atoms with Gasteiger partial charge in [-0.25, -0.2) is 8.42 Å². The van der Waals surface area contributed by atoms with Gasteiger partial charge in [0.05, 0.1) is 38.1 Å². The Labute approximate surface area is 174 Å². The first-order chi connectivity index (χ1) is 14.6. The van der Waals surface area contributed by atoms with E-state index in [2.05, 4.69) is 0 Å². The van der Waals surface area contributed by atoms with Crippen molar-refractivity contribution < 1.29 is 8.42 Å². The lowest BCUT2D eigenvalue weighted by Gasteiger charge is -2.14. The van der Waals surface area contributed by atoms with Gasteiger partial charge in [-0.2, -0.15) is 5.26 Å². The van der Waals surface area contributed by atoms with E-state index in [0.29, 0.717) is 11.3 Å². The molecule has 5 heteroatoms. The van der Waals surface area contributed by atoms with E-state index in [1.165, 1.54) is 12.1 Å². The number of rotatable bonds is 3. The molecule has 30 heavy (non-hydrogen) atoms. The van der Waals surface area contributed by atoms with E-state index >= 15 is 0 Å². The molecular weight excluding hydrogens is 392 g/mol. The van der Waals surface area contributed by atoms with Crippen LogP contribution in [0, 0.1) is 11.3 Å². The molecular formula is C25H16N2O2S.